The van der Waals surface area contributed by atoms with Crippen LogP contribution in [-0.2, 0) is 27.4 Å². The van der Waals surface area contributed by atoms with E-state index in [4.69, 9.17) is 14.3 Å². The van der Waals surface area contributed by atoms with Crippen LogP contribution in [0.1, 0.15) is 11.5 Å². The molecule has 0 fully saturated rings. The first-order valence-corrected chi connectivity index (χ1v) is 3.96. The average Bonchev–Trinajstić information content (AvgIpc) is 2.53. The number of hydrogen-bond acceptors (Lipinski definition) is 4. The third-order valence-electron chi connectivity index (χ3n) is 1.58. The van der Waals surface area contributed by atoms with E-state index >= 15 is 0 Å². The zero-order valence-electron chi connectivity index (χ0n) is 7.65. The van der Waals surface area contributed by atoms with Crippen LogP contribution >= 0.6 is 0 Å². The molecular formula is C9H10O5. The fourth-order valence-corrected chi connectivity index (χ4v) is 0.971. The van der Waals surface area contributed by atoms with Gasteiger partial charge in [0.2, 0.25) is 5.78 Å². The van der Waals surface area contributed by atoms with Crippen molar-refractivity contribution in [2.45, 2.75) is 13.0 Å². The topological polar surface area (TPSA) is 76.7 Å². The number of carbonyl (C=O) groups excluding carboxylic acids is 1. The van der Waals surface area contributed by atoms with Crippen molar-refractivity contribution in [2.24, 2.45) is 0 Å². The van der Waals surface area contributed by atoms with Crippen molar-refractivity contribution in [1.82, 2.24) is 0 Å². The molecule has 1 N–H and O–H groups in total. The van der Waals surface area contributed by atoms with Crippen molar-refractivity contribution in [2.75, 3.05) is 7.11 Å². The molecule has 0 saturated heterocycles. The lowest BCUT2D eigenvalue weighted by Gasteiger charge is -1.93. The molecular weight excluding hydrogens is 188 g/mol. The first-order valence-electron chi connectivity index (χ1n) is 3.96. The largest absolute Gasteiger partial charge is 0.475 e. The van der Waals surface area contributed by atoms with Gasteiger partial charge >= 0.3 is 5.97 Å². The number of ketones is 1. The summed E-state index contributed by atoms with van der Waals surface area (Å²) in [6.07, 6.45) is -0.223. The number of rotatable bonds is 5. The Bertz CT molecular complexity index is 339. The SMILES string of the molecule is COCc1ccc(CC(=O)C(=O)O)o1. The molecule has 0 saturated carbocycles. The molecule has 5 heteroatoms. The van der Waals surface area contributed by atoms with E-state index in [1.165, 1.54) is 7.11 Å². The summed E-state index contributed by atoms with van der Waals surface area (Å²) >= 11 is 0. The number of ether oxygens (including phenoxy) is 1. The molecule has 0 unspecified atom stereocenters. The van der Waals surface area contributed by atoms with Gasteiger partial charge in [0, 0.05) is 7.11 Å². The molecule has 1 rings (SSSR count). The Balaban J connectivity index is 2.59. The van der Waals surface area contributed by atoms with Crippen molar-refractivity contribution in [1.29, 1.82) is 0 Å². The second kappa shape index (κ2) is 4.57. The summed E-state index contributed by atoms with van der Waals surface area (Å²) in [5.74, 6) is -1.43. The first kappa shape index (κ1) is 10.5. The van der Waals surface area contributed by atoms with Crippen LogP contribution in [-0.4, -0.2) is 24.0 Å². The maximum Gasteiger partial charge on any atom is 0.372 e. The van der Waals surface area contributed by atoms with Gasteiger partial charge in [-0.25, -0.2) is 4.79 Å². The van der Waals surface area contributed by atoms with Gasteiger partial charge in [-0.2, -0.15) is 0 Å². The Morgan fingerprint density at radius 3 is 2.64 bits per heavy atom. The summed E-state index contributed by atoms with van der Waals surface area (Å²) in [4.78, 5) is 21.0. The molecule has 0 aliphatic rings. The van der Waals surface area contributed by atoms with Crippen molar-refractivity contribution in [3.05, 3.63) is 23.7 Å². The van der Waals surface area contributed by atoms with E-state index in [1.807, 2.05) is 0 Å². The number of hydrogen-bond donors (Lipinski definition) is 1. The monoisotopic (exact) mass is 198 g/mol. The zero-order chi connectivity index (χ0) is 10.6. The van der Waals surface area contributed by atoms with Crippen LogP contribution in [0.4, 0.5) is 0 Å². The molecule has 1 heterocycles. The van der Waals surface area contributed by atoms with Gasteiger partial charge in [0.15, 0.2) is 0 Å². The summed E-state index contributed by atoms with van der Waals surface area (Å²) in [7, 11) is 1.52. The minimum atomic E-state index is -1.45. The molecule has 1 aromatic rings. The number of aliphatic carboxylic acids is 1. The predicted octanol–water partition coefficient (Wildman–Crippen LogP) is 0.622. The Hall–Kier alpha value is -1.62. The molecule has 0 bridgehead atoms. The molecule has 5 nitrogen and oxygen atoms in total. The smallest absolute Gasteiger partial charge is 0.372 e. The highest BCUT2D eigenvalue weighted by molar-refractivity contribution is 6.33. The zero-order valence-corrected chi connectivity index (χ0v) is 7.65. The lowest BCUT2D eigenvalue weighted by Crippen LogP contribution is -2.14. The van der Waals surface area contributed by atoms with Crippen LogP contribution in [0.3, 0.4) is 0 Å². The van der Waals surface area contributed by atoms with Crippen molar-refractivity contribution >= 4 is 11.8 Å². The van der Waals surface area contributed by atoms with E-state index in [2.05, 4.69) is 0 Å². The molecule has 1 aromatic heterocycles. The number of Topliss-reactive ketones (excluding diaryl/α,β-unsaturated/α-hetero) is 1. The lowest BCUT2D eigenvalue weighted by atomic mass is 10.2. The molecule has 0 spiro atoms. The van der Waals surface area contributed by atoms with Crippen LogP contribution in [0.2, 0.25) is 0 Å². The van der Waals surface area contributed by atoms with E-state index < -0.39 is 11.8 Å². The Morgan fingerprint density at radius 1 is 1.43 bits per heavy atom. The molecule has 76 valence electrons. The maximum atomic E-state index is 10.8. The molecule has 0 atom stereocenters. The quantitative estimate of drug-likeness (QED) is 0.702. The van der Waals surface area contributed by atoms with Gasteiger partial charge in [-0.15, -0.1) is 0 Å². The van der Waals surface area contributed by atoms with E-state index in [9.17, 15) is 9.59 Å². The van der Waals surface area contributed by atoms with Crippen molar-refractivity contribution in [3.63, 3.8) is 0 Å². The lowest BCUT2D eigenvalue weighted by molar-refractivity contribution is -0.148. The maximum absolute atomic E-state index is 10.8. The standard InChI is InChI=1S/C9H10O5/c1-13-5-7-3-2-6(14-7)4-8(10)9(11)12/h2-3H,4-5H2,1H3,(H,11,12). The van der Waals surface area contributed by atoms with Crippen molar-refractivity contribution < 1.29 is 23.8 Å². The molecule has 0 aliphatic carbocycles. The summed E-state index contributed by atoms with van der Waals surface area (Å²) in [6, 6.07) is 3.21. The van der Waals surface area contributed by atoms with Gasteiger partial charge in [0.25, 0.3) is 0 Å². The second-order valence-corrected chi connectivity index (χ2v) is 2.71. The Kier molecular flexibility index (Phi) is 3.41. The van der Waals surface area contributed by atoms with Crippen LogP contribution in [0.15, 0.2) is 16.5 Å². The van der Waals surface area contributed by atoms with Gasteiger partial charge in [-0.05, 0) is 12.1 Å². The second-order valence-electron chi connectivity index (χ2n) is 2.71. The van der Waals surface area contributed by atoms with Crippen LogP contribution in [0.5, 0.6) is 0 Å². The highest BCUT2D eigenvalue weighted by Crippen LogP contribution is 2.09. The number of methoxy groups -OCH3 is 1. The third kappa shape index (κ3) is 2.70. The van der Waals surface area contributed by atoms with E-state index in [0.717, 1.165) is 0 Å². The number of furan rings is 1. The molecule has 0 amide bonds. The fraction of sp³-hybridized carbons (Fsp3) is 0.333. The Morgan fingerprint density at radius 2 is 2.07 bits per heavy atom. The number of carboxylic acid groups (broad SMARTS) is 1. The molecule has 0 radical (unpaired) electrons. The summed E-state index contributed by atoms with van der Waals surface area (Å²) in [5, 5.41) is 8.34. The first-order chi connectivity index (χ1) is 6.63. The molecule has 0 aromatic carbocycles. The summed E-state index contributed by atoms with van der Waals surface area (Å²) in [6.45, 7) is 0.307. The van der Waals surface area contributed by atoms with Crippen LogP contribution in [0.25, 0.3) is 0 Å². The van der Waals surface area contributed by atoms with Gasteiger partial charge in [-0.3, -0.25) is 4.79 Å². The summed E-state index contributed by atoms with van der Waals surface area (Å²) in [5.41, 5.74) is 0. The predicted molar refractivity (Wildman–Crippen MR) is 45.8 cm³/mol. The highest BCUT2D eigenvalue weighted by atomic mass is 16.5. The molecule has 14 heavy (non-hydrogen) atoms. The van der Waals surface area contributed by atoms with Crippen LogP contribution < -0.4 is 0 Å². The normalized spacial score (nSPS) is 10.1. The van der Waals surface area contributed by atoms with Gasteiger partial charge in [0.05, 0.1) is 6.42 Å². The van der Waals surface area contributed by atoms with E-state index in [0.29, 0.717) is 18.1 Å². The van der Waals surface area contributed by atoms with E-state index in [1.54, 1.807) is 12.1 Å². The average molecular weight is 198 g/mol. The fourth-order valence-electron chi connectivity index (χ4n) is 0.971. The van der Waals surface area contributed by atoms with Gasteiger partial charge < -0.3 is 14.3 Å². The minimum Gasteiger partial charge on any atom is -0.475 e. The minimum absolute atomic E-state index is 0.223. The number of carboxylic acids is 1. The van der Waals surface area contributed by atoms with Gasteiger partial charge in [0.1, 0.15) is 18.1 Å². The third-order valence-corrected chi connectivity index (χ3v) is 1.58. The summed E-state index contributed by atoms with van der Waals surface area (Å²) < 4.78 is 9.93. The highest BCUT2D eigenvalue weighted by Gasteiger charge is 2.14. The number of carbonyl (C=O) groups is 2. The Labute approximate surface area is 80.3 Å². The van der Waals surface area contributed by atoms with E-state index in [-0.39, 0.29) is 6.42 Å². The molecule has 0 aliphatic heterocycles. The van der Waals surface area contributed by atoms with Crippen molar-refractivity contribution in [3.8, 4) is 0 Å². The van der Waals surface area contributed by atoms with Gasteiger partial charge in [-0.1, -0.05) is 0 Å². The van der Waals surface area contributed by atoms with Crippen LogP contribution in [0, 0.1) is 0 Å².